The minimum absolute atomic E-state index is 0.103. The van der Waals surface area contributed by atoms with Crippen molar-refractivity contribution in [3.8, 4) is 17.7 Å². The SMILES string of the molecule is COCC(=O)c1ccc(-n2cnc3cc(Nc4ccc(C)nn4)ccc32)nc1-n1nc(C#N)cc1C. The summed E-state index contributed by atoms with van der Waals surface area (Å²) < 4.78 is 8.35. The lowest BCUT2D eigenvalue weighted by molar-refractivity contribution is 0.0847. The van der Waals surface area contributed by atoms with E-state index < -0.39 is 0 Å². The monoisotopic (exact) mass is 479 g/mol. The molecule has 0 saturated carbocycles. The Labute approximate surface area is 206 Å². The Kier molecular flexibility index (Phi) is 5.93. The first-order chi connectivity index (χ1) is 17.5. The molecule has 0 saturated heterocycles. The number of hydrogen-bond donors (Lipinski definition) is 1. The summed E-state index contributed by atoms with van der Waals surface area (Å²) in [6, 6.07) is 16.6. The Morgan fingerprint density at radius 1 is 1.11 bits per heavy atom. The number of nitrogens with one attached hydrogen (secondary N) is 1. The molecule has 11 nitrogen and oxygen atoms in total. The number of ether oxygens (including phenoxy) is 1. The number of carbonyl (C=O) groups excluding carboxylic acids is 1. The van der Waals surface area contributed by atoms with Gasteiger partial charge in [0, 0.05) is 18.5 Å². The lowest BCUT2D eigenvalue weighted by Gasteiger charge is -2.12. The van der Waals surface area contributed by atoms with Gasteiger partial charge in [-0.05, 0) is 62.4 Å². The molecular weight excluding hydrogens is 458 g/mol. The molecule has 5 rings (SSSR count). The number of methoxy groups -OCH3 is 1. The molecule has 1 aromatic carbocycles. The van der Waals surface area contributed by atoms with E-state index in [1.165, 1.54) is 11.8 Å². The van der Waals surface area contributed by atoms with Crippen LogP contribution in [-0.2, 0) is 4.74 Å². The molecule has 5 aromatic rings. The van der Waals surface area contributed by atoms with E-state index in [9.17, 15) is 10.1 Å². The van der Waals surface area contributed by atoms with E-state index in [0.717, 1.165) is 22.4 Å². The van der Waals surface area contributed by atoms with Gasteiger partial charge in [-0.15, -0.1) is 5.10 Å². The van der Waals surface area contributed by atoms with E-state index in [4.69, 9.17) is 9.72 Å². The number of nitrogens with zero attached hydrogens (tertiary/aromatic N) is 8. The fraction of sp³-hybridized carbons (Fsp3) is 0.160. The number of pyridine rings is 1. The van der Waals surface area contributed by atoms with Gasteiger partial charge in [-0.1, -0.05) is 0 Å². The second-order valence-electron chi connectivity index (χ2n) is 8.09. The lowest BCUT2D eigenvalue weighted by atomic mass is 10.1. The maximum absolute atomic E-state index is 12.7. The van der Waals surface area contributed by atoms with Crippen LogP contribution in [0.3, 0.4) is 0 Å². The van der Waals surface area contributed by atoms with E-state index in [-0.39, 0.29) is 18.1 Å². The van der Waals surface area contributed by atoms with E-state index in [0.29, 0.717) is 28.7 Å². The number of aryl methyl sites for hydroxylation is 2. The topological polar surface area (TPSA) is 136 Å². The fourth-order valence-corrected chi connectivity index (χ4v) is 3.79. The second-order valence-corrected chi connectivity index (χ2v) is 8.09. The van der Waals surface area contributed by atoms with E-state index in [1.807, 2.05) is 47.9 Å². The zero-order valence-electron chi connectivity index (χ0n) is 19.8. The van der Waals surface area contributed by atoms with Gasteiger partial charge in [-0.2, -0.15) is 15.5 Å². The molecule has 1 N–H and O–H groups in total. The summed E-state index contributed by atoms with van der Waals surface area (Å²) in [4.78, 5) is 22.0. The van der Waals surface area contributed by atoms with Crippen LogP contribution >= 0.6 is 0 Å². The molecule has 0 amide bonds. The minimum Gasteiger partial charge on any atom is -0.377 e. The summed E-state index contributed by atoms with van der Waals surface area (Å²) in [5.41, 5.74) is 4.46. The normalized spacial score (nSPS) is 10.9. The molecule has 0 bridgehead atoms. The third-order valence-corrected chi connectivity index (χ3v) is 5.50. The molecule has 0 unspecified atom stereocenters. The zero-order chi connectivity index (χ0) is 25.2. The standard InChI is InChI=1S/C25H21N9O2/c1-15-4-8-23(31-30-15)28-17-5-7-21-20(11-17)27-14-33(21)24-9-6-19(22(35)13-36-3)25(29-24)34-16(2)10-18(12-26)32-34/h4-11,14H,13H2,1-3H3,(H,28,31). The second kappa shape index (κ2) is 9.36. The zero-order valence-corrected chi connectivity index (χ0v) is 19.8. The van der Waals surface area contributed by atoms with Crippen molar-refractivity contribution in [1.29, 1.82) is 5.26 Å². The number of Topliss-reactive ketones (excluding diaryl/α,β-unsaturated/α-hetero) is 1. The summed E-state index contributed by atoms with van der Waals surface area (Å²) >= 11 is 0. The number of aromatic nitrogens is 7. The highest BCUT2D eigenvalue weighted by atomic mass is 16.5. The van der Waals surface area contributed by atoms with Gasteiger partial charge in [0.15, 0.2) is 23.1 Å². The predicted molar refractivity (Wildman–Crippen MR) is 132 cm³/mol. The molecule has 0 spiro atoms. The van der Waals surface area contributed by atoms with Crippen LogP contribution in [0.25, 0.3) is 22.7 Å². The maximum atomic E-state index is 12.7. The van der Waals surface area contributed by atoms with E-state index in [2.05, 4.69) is 25.6 Å². The first kappa shape index (κ1) is 22.8. The smallest absolute Gasteiger partial charge is 0.192 e. The first-order valence-corrected chi connectivity index (χ1v) is 11.0. The van der Waals surface area contributed by atoms with Crippen LogP contribution in [0.5, 0.6) is 0 Å². The highest BCUT2D eigenvalue weighted by Gasteiger charge is 2.19. The predicted octanol–water partition coefficient (Wildman–Crippen LogP) is 3.46. The van der Waals surface area contributed by atoms with Gasteiger partial charge >= 0.3 is 0 Å². The van der Waals surface area contributed by atoms with Crippen molar-refractivity contribution in [1.82, 2.24) is 34.5 Å². The fourth-order valence-electron chi connectivity index (χ4n) is 3.79. The summed E-state index contributed by atoms with van der Waals surface area (Å²) in [5, 5.41) is 25.0. The number of ketones is 1. The number of rotatable bonds is 7. The summed E-state index contributed by atoms with van der Waals surface area (Å²) in [6.07, 6.45) is 1.67. The van der Waals surface area contributed by atoms with E-state index >= 15 is 0 Å². The molecule has 4 heterocycles. The molecule has 0 aliphatic heterocycles. The molecular formula is C25H21N9O2. The molecule has 0 radical (unpaired) electrons. The van der Waals surface area contributed by atoms with E-state index in [1.54, 1.807) is 31.5 Å². The average molecular weight is 480 g/mol. The summed E-state index contributed by atoms with van der Waals surface area (Å²) in [5.74, 6) is 1.24. The van der Waals surface area contributed by atoms with Crippen molar-refractivity contribution in [3.05, 3.63) is 77.5 Å². The Hall–Kier alpha value is -4.95. The quantitative estimate of drug-likeness (QED) is 0.348. The highest BCUT2D eigenvalue weighted by molar-refractivity contribution is 6.00. The van der Waals surface area contributed by atoms with Gasteiger partial charge in [0.25, 0.3) is 0 Å². The summed E-state index contributed by atoms with van der Waals surface area (Å²) in [6.45, 7) is 3.58. The van der Waals surface area contributed by atoms with Gasteiger partial charge in [-0.3, -0.25) is 9.36 Å². The highest BCUT2D eigenvalue weighted by Crippen LogP contribution is 2.25. The Morgan fingerprint density at radius 2 is 1.97 bits per heavy atom. The molecule has 36 heavy (non-hydrogen) atoms. The van der Waals surface area contributed by atoms with Crippen LogP contribution in [0.15, 0.2) is 54.9 Å². The van der Waals surface area contributed by atoms with Crippen LogP contribution in [0, 0.1) is 25.2 Å². The third-order valence-electron chi connectivity index (χ3n) is 5.50. The molecule has 0 aliphatic carbocycles. The first-order valence-electron chi connectivity index (χ1n) is 11.0. The number of anilines is 2. The van der Waals surface area contributed by atoms with Crippen molar-refractivity contribution < 1.29 is 9.53 Å². The average Bonchev–Trinajstić information content (AvgIpc) is 3.48. The van der Waals surface area contributed by atoms with Crippen molar-refractivity contribution in [2.45, 2.75) is 13.8 Å². The van der Waals surface area contributed by atoms with Gasteiger partial charge in [0.1, 0.15) is 24.8 Å². The Morgan fingerprint density at radius 3 is 2.69 bits per heavy atom. The number of fused-ring (bicyclic) bond motifs is 1. The van der Waals surface area contributed by atoms with Crippen molar-refractivity contribution in [2.24, 2.45) is 0 Å². The van der Waals surface area contributed by atoms with Gasteiger partial charge < -0.3 is 10.1 Å². The molecule has 178 valence electrons. The molecule has 0 aliphatic rings. The number of carbonyl (C=O) groups is 1. The largest absolute Gasteiger partial charge is 0.377 e. The van der Waals surface area contributed by atoms with Crippen molar-refractivity contribution in [2.75, 3.05) is 19.0 Å². The molecule has 0 atom stereocenters. The van der Waals surface area contributed by atoms with Crippen LogP contribution in [-0.4, -0.2) is 54.0 Å². The van der Waals surface area contributed by atoms with Gasteiger partial charge in [0.2, 0.25) is 0 Å². The Bertz CT molecular complexity index is 1630. The van der Waals surface area contributed by atoms with Gasteiger partial charge in [0.05, 0.1) is 22.3 Å². The third kappa shape index (κ3) is 4.28. The maximum Gasteiger partial charge on any atom is 0.192 e. The van der Waals surface area contributed by atoms with Crippen molar-refractivity contribution >= 4 is 28.3 Å². The molecule has 4 aromatic heterocycles. The van der Waals surface area contributed by atoms with Crippen LogP contribution in [0.4, 0.5) is 11.5 Å². The summed E-state index contributed by atoms with van der Waals surface area (Å²) in [7, 11) is 1.46. The van der Waals surface area contributed by atoms with Gasteiger partial charge in [-0.25, -0.2) is 14.6 Å². The van der Waals surface area contributed by atoms with Crippen LogP contribution in [0.2, 0.25) is 0 Å². The number of imidazole rings is 1. The Balaban J connectivity index is 1.55. The van der Waals surface area contributed by atoms with Crippen LogP contribution < -0.4 is 5.32 Å². The molecule has 11 heteroatoms. The number of nitriles is 1. The molecule has 0 fully saturated rings. The van der Waals surface area contributed by atoms with Crippen molar-refractivity contribution in [3.63, 3.8) is 0 Å². The number of hydrogen-bond acceptors (Lipinski definition) is 9. The lowest BCUT2D eigenvalue weighted by Crippen LogP contribution is -2.15. The van der Waals surface area contributed by atoms with Crippen LogP contribution in [0.1, 0.15) is 27.4 Å². The minimum atomic E-state index is -0.245. The number of benzene rings is 1.